The van der Waals surface area contributed by atoms with E-state index in [2.05, 4.69) is 29.2 Å². The van der Waals surface area contributed by atoms with Gasteiger partial charge in [-0.2, -0.15) is 0 Å². The molecule has 0 spiro atoms. The van der Waals surface area contributed by atoms with Gasteiger partial charge in [0.05, 0.1) is 0 Å². The Bertz CT molecular complexity index is 669. The molecule has 2 unspecified atom stereocenters. The first-order chi connectivity index (χ1) is 11.7. The number of benzene rings is 2. The fourth-order valence-electron chi connectivity index (χ4n) is 3.35. The molecular weight excluding hydrogens is 369 g/mol. The molecule has 1 heterocycles. The van der Waals surface area contributed by atoms with Crippen molar-refractivity contribution in [3.8, 4) is 0 Å². The van der Waals surface area contributed by atoms with Gasteiger partial charge in [-0.25, -0.2) is 0 Å². The Morgan fingerprint density at radius 3 is 2.27 bits per heavy atom. The van der Waals surface area contributed by atoms with E-state index in [1.165, 1.54) is 5.69 Å². The van der Waals surface area contributed by atoms with E-state index in [1.807, 2.05) is 48.3 Å². The molecular formula is C20H27Cl2N3O. The van der Waals surface area contributed by atoms with Crippen LogP contribution < -0.4 is 10.6 Å². The van der Waals surface area contributed by atoms with Gasteiger partial charge in [0, 0.05) is 31.9 Å². The number of halogens is 2. The average molecular weight is 396 g/mol. The van der Waals surface area contributed by atoms with E-state index < -0.39 is 6.04 Å². The van der Waals surface area contributed by atoms with E-state index in [0.717, 1.165) is 31.5 Å². The molecule has 0 radical (unpaired) electrons. The summed E-state index contributed by atoms with van der Waals surface area (Å²) in [4.78, 5) is 17.0. The van der Waals surface area contributed by atoms with E-state index >= 15 is 0 Å². The van der Waals surface area contributed by atoms with Crippen molar-refractivity contribution in [1.29, 1.82) is 0 Å². The minimum absolute atomic E-state index is 0. The van der Waals surface area contributed by atoms with E-state index in [0.29, 0.717) is 0 Å². The highest BCUT2D eigenvalue weighted by Crippen LogP contribution is 2.23. The van der Waals surface area contributed by atoms with Crippen molar-refractivity contribution in [3.05, 3.63) is 66.2 Å². The van der Waals surface area contributed by atoms with Crippen molar-refractivity contribution in [1.82, 2.24) is 4.90 Å². The minimum atomic E-state index is -0.594. The summed E-state index contributed by atoms with van der Waals surface area (Å²) in [7, 11) is 1.88. The molecule has 1 aliphatic rings. The predicted octanol–water partition coefficient (Wildman–Crippen LogP) is 3.66. The SMILES string of the molecule is CN(C(=O)C(N)c1ccccc1)C1CCCN(c2ccccc2)C1.Cl.Cl. The van der Waals surface area contributed by atoms with Gasteiger partial charge in [-0.05, 0) is 30.5 Å². The Morgan fingerprint density at radius 1 is 1.08 bits per heavy atom. The lowest BCUT2D eigenvalue weighted by molar-refractivity contribution is -0.133. The Balaban J connectivity index is 0.00000169. The van der Waals surface area contributed by atoms with Gasteiger partial charge in [0.15, 0.2) is 0 Å². The summed E-state index contributed by atoms with van der Waals surface area (Å²) in [5.74, 6) is -0.0129. The number of para-hydroxylation sites is 1. The maximum atomic E-state index is 12.8. The summed E-state index contributed by atoms with van der Waals surface area (Å²) < 4.78 is 0. The quantitative estimate of drug-likeness (QED) is 0.858. The third-order valence-electron chi connectivity index (χ3n) is 4.84. The van der Waals surface area contributed by atoms with Gasteiger partial charge in [0.25, 0.3) is 0 Å². The first-order valence-electron chi connectivity index (χ1n) is 8.54. The molecule has 2 N–H and O–H groups in total. The molecule has 1 amide bonds. The third kappa shape index (κ3) is 5.13. The van der Waals surface area contributed by atoms with Crippen molar-refractivity contribution < 1.29 is 4.79 Å². The number of carbonyl (C=O) groups is 1. The molecule has 0 aromatic heterocycles. The summed E-state index contributed by atoms with van der Waals surface area (Å²) in [6.07, 6.45) is 2.10. The number of piperidine rings is 1. The van der Waals surface area contributed by atoms with E-state index in [9.17, 15) is 4.79 Å². The van der Waals surface area contributed by atoms with Crippen LogP contribution in [0.15, 0.2) is 60.7 Å². The zero-order chi connectivity index (χ0) is 16.9. The number of nitrogens with two attached hydrogens (primary N) is 1. The van der Waals surface area contributed by atoms with Crippen LogP contribution in [-0.4, -0.2) is 37.0 Å². The molecule has 0 bridgehead atoms. The molecule has 3 rings (SSSR count). The van der Waals surface area contributed by atoms with Crippen molar-refractivity contribution in [2.75, 3.05) is 25.0 Å². The predicted molar refractivity (Wildman–Crippen MR) is 112 cm³/mol. The number of likely N-dealkylation sites (N-methyl/N-ethyl adjacent to an activating group) is 1. The molecule has 142 valence electrons. The number of anilines is 1. The summed E-state index contributed by atoms with van der Waals surface area (Å²) in [5.41, 5.74) is 8.27. The number of nitrogens with zero attached hydrogens (tertiary/aromatic N) is 2. The Labute approximate surface area is 168 Å². The molecule has 2 atom stereocenters. The Hall–Kier alpha value is -1.75. The third-order valence-corrected chi connectivity index (χ3v) is 4.84. The van der Waals surface area contributed by atoms with E-state index in [1.54, 1.807) is 0 Å². The van der Waals surface area contributed by atoms with Crippen LogP contribution in [0.3, 0.4) is 0 Å². The second-order valence-corrected chi connectivity index (χ2v) is 6.42. The summed E-state index contributed by atoms with van der Waals surface area (Å²) in [5, 5.41) is 0. The summed E-state index contributed by atoms with van der Waals surface area (Å²) >= 11 is 0. The van der Waals surface area contributed by atoms with Gasteiger partial charge in [-0.1, -0.05) is 48.5 Å². The monoisotopic (exact) mass is 395 g/mol. The normalized spacial score (nSPS) is 17.5. The molecule has 6 heteroatoms. The zero-order valence-electron chi connectivity index (χ0n) is 15.0. The highest BCUT2D eigenvalue weighted by molar-refractivity contribution is 5.85. The summed E-state index contributed by atoms with van der Waals surface area (Å²) in [6, 6.07) is 19.6. The Morgan fingerprint density at radius 2 is 1.65 bits per heavy atom. The highest BCUT2D eigenvalue weighted by Gasteiger charge is 2.29. The minimum Gasteiger partial charge on any atom is -0.369 e. The van der Waals surface area contributed by atoms with Crippen LogP contribution in [0.2, 0.25) is 0 Å². The summed E-state index contributed by atoms with van der Waals surface area (Å²) in [6.45, 7) is 1.89. The van der Waals surface area contributed by atoms with Crippen LogP contribution >= 0.6 is 24.8 Å². The van der Waals surface area contributed by atoms with Gasteiger partial charge in [0.2, 0.25) is 5.91 Å². The molecule has 2 aromatic carbocycles. The molecule has 1 fully saturated rings. The van der Waals surface area contributed by atoms with E-state index in [4.69, 9.17) is 5.73 Å². The lowest BCUT2D eigenvalue weighted by atomic mass is 10.0. The molecule has 0 saturated carbocycles. The lowest BCUT2D eigenvalue weighted by Gasteiger charge is -2.39. The van der Waals surface area contributed by atoms with Crippen molar-refractivity contribution >= 4 is 36.4 Å². The molecule has 0 aliphatic carbocycles. The van der Waals surface area contributed by atoms with Gasteiger partial charge in [-0.15, -0.1) is 24.8 Å². The van der Waals surface area contributed by atoms with Crippen LogP contribution in [0, 0.1) is 0 Å². The standard InChI is InChI=1S/C20H25N3O.2ClH/c1-22(20(24)19(21)16-9-4-2-5-10-16)18-13-8-14-23(15-18)17-11-6-3-7-12-17;;/h2-7,9-12,18-19H,8,13-15,21H2,1H3;2*1H. The largest absolute Gasteiger partial charge is 0.369 e. The van der Waals surface area contributed by atoms with Crippen LogP contribution in [0.25, 0.3) is 0 Å². The fraction of sp³-hybridized carbons (Fsp3) is 0.350. The second kappa shape index (κ2) is 10.4. The van der Waals surface area contributed by atoms with Gasteiger partial charge in [-0.3, -0.25) is 4.79 Å². The molecule has 1 saturated heterocycles. The second-order valence-electron chi connectivity index (χ2n) is 6.42. The number of hydrogen-bond donors (Lipinski definition) is 1. The molecule has 4 nitrogen and oxygen atoms in total. The van der Waals surface area contributed by atoms with Gasteiger partial charge >= 0.3 is 0 Å². The van der Waals surface area contributed by atoms with E-state index in [-0.39, 0.29) is 36.8 Å². The van der Waals surface area contributed by atoms with Crippen molar-refractivity contribution in [2.45, 2.75) is 24.9 Å². The van der Waals surface area contributed by atoms with Crippen LogP contribution in [-0.2, 0) is 4.79 Å². The lowest BCUT2D eigenvalue weighted by Crippen LogP contribution is -2.50. The maximum Gasteiger partial charge on any atom is 0.244 e. The number of hydrogen-bond acceptors (Lipinski definition) is 3. The maximum absolute atomic E-state index is 12.8. The number of carbonyl (C=O) groups excluding carboxylic acids is 1. The van der Waals surface area contributed by atoms with Gasteiger partial charge < -0.3 is 15.5 Å². The van der Waals surface area contributed by atoms with Crippen molar-refractivity contribution in [3.63, 3.8) is 0 Å². The molecule has 2 aromatic rings. The fourth-order valence-corrected chi connectivity index (χ4v) is 3.35. The van der Waals surface area contributed by atoms with Crippen LogP contribution in [0.4, 0.5) is 5.69 Å². The number of rotatable bonds is 4. The first-order valence-corrected chi connectivity index (χ1v) is 8.54. The van der Waals surface area contributed by atoms with Crippen LogP contribution in [0.5, 0.6) is 0 Å². The molecule has 1 aliphatic heterocycles. The van der Waals surface area contributed by atoms with Crippen LogP contribution in [0.1, 0.15) is 24.4 Å². The smallest absolute Gasteiger partial charge is 0.244 e. The number of amides is 1. The first kappa shape index (κ1) is 22.3. The molecule has 26 heavy (non-hydrogen) atoms. The van der Waals surface area contributed by atoms with Gasteiger partial charge in [0.1, 0.15) is 6.04 Å². The topological polar surface area (TPSA) is 49.6 Å². The average Bonchev–Trinajstić information content (AvgIpc) is 2.67. The Kier molecular flexibility index (Phi) is 8.93. The highest BCUT2D eigenvalue weighted by atomic mass is 35.5. The van der Waals surface area contributed by atoms with Crippen molar-refractivity contribution in [2.24, 2.45) is 5.73 Å². The zero-order valence-corrected chi connectivity index (χ0v) is 16.6.